The van der Waals surface area contributed by atoms with E-state index in [2.05, 4.69) is 9.80 Å². The van der Waals surface area contributed by atoms with Gasteiger partial charge >= 0.3 is 5.97 Å². The number of aromatic carboxylic acids is 1. The first kappa shape index (κ1) is 19.5. The Hall–Kier alpha value is -2.31. The van der Waals surface area contributed by atoms with E-state index in [9.17, 15) is 13.6 Å². The second kappa shape index (κ2) is 8.59. The van der Waals surface area contributed by atoms with Gasteiger partial charge in [0.2, 0.25) is 0 Å². The number of hydrogen-bond acceptors (Lipinski definition) is 3. The first-order chi connectivity index (χ1) is 13.0. The van der Waals surface area contributed by atoms with E-state index < -0.39 is 17.6 Å². The van der Waals surface area contributed by atoms with Crippen LogP contribution in [-0.2, 0) is 6.54 Å². The van der Waals surface area contributed by atoms with Crippen molar-refractivity contribution in [3.8, 4) is 0 Å². The Morgan fingerprint density at radius 3 is 2.30 bits per heavy atom. The molecule has 3 rings (SSSR count). The molecule has 0 aliphatic carbocycles. The van der Waals surface area contributed by atoms with Crippen LogP contribution in [0.3, 0.4) is 0 Å². The molecule has 4 nitrogen and oxygen atoms in total. The maximum Gasteiger partial charge on any atom is 0.335 e. The van der Waals surface area contributed by atoms with Gasteiger partial charge in [-0.3, -0.25) is 9.80 Å². The highest BCUT2D eigenvalue weighted by Crippen LogP contribution is 2.28. The molecule has 0 spiro atoms. The van der Waals surface area contributed by atoms with Crippen molar-refractivity contribution >= 4 is 5.97 Å². The number of benzene rings is 2. The summed E-state index contributed by atoms with van der Waals surface area (Å²) in [6.07, 6.45) is 0.763. The number of carboxylic acids is 1. The summed E-state index contributed by atoms with van der Waals surface area (Å²) in [5.41, 5.74) is 1.91. The molecule has 1 unspecified atom stereocenters. The molecule has 1 aliphatic rings. The standard InChI is InChI=1S/C21H24F2N2O2/c1-2-20(18-8-7-17(22)13-19(18)23)25-11-9-24(10-12-25)14-15-3-5-16(6-4-15)21(26)27/h3-8,13,20H,2,9-12,14H2,1H3,(H,26,27). The van der Waals surface area contributed by atoms with Crippen LogP contribution in [0.5, 0.6) is 0 Å². The van der Waals surface area contributed by atoms with Gasteiger partial charge in [0, 0.05) is 50.4 Å². The van der Waals surface area contributed by atoms with Gasteiger partial charge in [0.25, 0.3) is 0 Å². The number of nitrogens with zero attached hydrogens (tertiary/aromatic N) is 2. The molecule has 1 aliphatic heterocycles. The molecule has 2 aromatic carbocycles. The van der Waals surface area contributed by atoms with Crippen LogP contribution < -0.4 is 0 Å². The largest absolute Gasteiger partial charge is 0.478 e. The lowest BCUT2D eigenvalue weighted by Gasteiger charge is -2.39. The molecular formula is C21H24F2N2O2. The molecule has 27 heavy (non-hydrogen) atoms. The maximum atomic E-state index is 14.2. The Morgan fingerprint density at radius 1 is 1.07 bits per heavy atom. The molecule has 1 N–H and O–H groups in total. The average molecular weight is 374 g/mol. The van der Waals surface area contributed by atoms with Crippen molar-refractivity contribution in [2.75, 3.05) is 26.2 Å². The second-order valence-electron chi connectivity index (χ2n) is 6.90. The van der Waals surface area contributed by atoms with Gasteiger partial charge in [0.05, 0.1) is 5.56 Å². The van der Waals surface area contributed by atoms with Crippen molar-refractivity contribution in [3.63, 3.8) is 0 Å². The molecule has 0 radical (unpaired) electrons. The van der Waals surface area contributed by atoms with Gasteiger partial charge < -0.3 is 5.11 Å². The Morgan fingerprint density at radius 2 is 1.74 bits per heavy atom. The minimum atomic E-state index is -0.922. The van der Waals surface area contributed by atoms with E-state index in [4.69, 9.17) is 5.11 Å². The highest BCUT2D eigenvalue weighted by atomic mass is 19.1. The summed E-state index contributed by atoms with van der Waals surface area (Å²) in [5.74, 6) is -1.96. The van der Waals surface area contributed by atoms with Crippen molar-refractivity contribution in [3.05, 3.63) is 70.8 Å². The lowest BCUT2D eigenvalue weighted by Crippen LogP contribution is -2.47. The molecule has 0 saturated carbocycles. The minimum absolute atomic E-state index is 0.0531. The third-order valence-electron chi connectivity index (χ3n) is 5.16. The summed E-state index contributed by atoms with van der Waals surface area (Å²) < 4.78 is 27.4. The summed E-state index contributed by atoms with van der Waals surface area (Å²) >= 11 is 0. The van der Waals surface area contributed by atoms with Crippen molar-refractivity contribution in [2.45, 2.75) is 25.9 Å². The Kier molecular flexibility index (Phi) is 6.19. The fourth-order valence-corrected chi connectivity index (χ4v) is 3.69. The highest BCUT2D eigenvalue weighted by molar-refractivity contribution is 5.87. The second-order valence-corrected chi connectivity index (χ2v) is 6.90. The van der Waals surface area contributed by atoms with Crippen LogP contribution in [0.15, 0.2) is 42.5 Å². The summed E-state index contributed by atoms with van der Waals surface area (Å²) in [6.45, 7) is 6.09. The molecule has 1 heterocycles. The van der Waals surface area contributed by atoms with Gasteiger partial charge in [0.1, 0.15) is 11.6 Å². The van der Waals surface area contributed by atoms with Crippen molar-refractivity contribution in [1.29, 1.82) is 0 Å². The van der Waals surface area contributed by atoms with Crippen LogP contribution in [0.25, 0.3) is 0 Å². The summed E-state index contributed by atoms with van der Waals surface area (Å²) in [6, 6.07) is 10.7. The number of carbonyl (C=O) groups is 1. The van der Waals surface area contributed by atoms with Crippen LogP contribution in [0.2, 0.25) is 0 Å². The molecule has 1 fully saturated rings. The van der Waals surface area contributed by atoms with E-state index in [1.54, 1.807) is 18.2 Å². The number of hydrogen-bond donors (Lipinski definition) is 1. The van der Waals surface area contributed by atoms with Crippen molar-refractivity contribution in [2.24, 2.45) is 0 Å². The van der Waals surface area contributed by atoms with Gasteiger partial charge in [-0.15, -0.1) is 0 Å². The summed E-state index contributed by atoms with van der Waals surface area (Å²) in [5, 5.41) is 8.97. The minimum Gasteiger partial charge on any atom is -0.478 e. The first-order valence-corrected chi connectivity index (χ1v) is 9.21. The van der Waals surface area contributed by atoms with Crippen LogP contribution in [0.4, 0.5) is 8.78 Å². The maximum absolute atomic E-state index is 14.2. The molecule has 0 aromatic heterocycles. The predicted octanol–water partition coefficient (Wildman–Crippen LogP) is 3.93. The Bertz CT molecular complexity index is 787. The molecule has 0 bridgehead atoms. The molecule has 6 heteroatoms. The first-order valence-electron chi connectivity index (χ1n) is 9.21. The van der Waals surface area contributed by atoms with E-state index in [0.29, 0.717) is 5.56 Å². The van der Waals surface area contributed by atoms with Crippen LogP contribution in [-0.4, -0.2) is 47.1 Å². The number of halogens is 2. The lowest BCUT2D eigenvalue weighted by molar-refractivity contribution is 0.0697. The lowest BCUT2D eigenvalue weighted by atomic mass is 10.0. The Labute approximate surface area is 158 Å². The van der Waals surface area contributed by atoms with Gasteiger partial charge in [0.15, 0.2) is 0 Å². The fraction of sp³-hybridized carbons (Fsp3) is 0.381. The molecule has 1 atom stereocenters. The third kappa shape index (κ3) is 4.70. The SMILES string of the molecule is CCC(c1ccc(F)cc1F)N1CCN(Cc2ccc(C(=O)O)cc2)CC1. The molecule has 0 amide bonds. The van der Waals surface area contributed by atoms with Crippen molar-refractivity contribution in [1.82, 2.24) is 9.80 Å². The zero-order valence-corrected chi connectivity index (χ0v) is 15.4. The van der Waals surface area contributed by atoms with E-state index >= 15 is 0 Å². The topological polar surface area (TPSA) is 43.8 Å². The molecule has 2 aromatic rings. The van der Waals surface area contributed by atoms with Crippen LogP contribution in [0.1, 0.15) is 40.9 Å². The van der Waals surface area contributed by atoms with Crippen LogP contribution in [0, 0.1) is 11.6 Å². The van der Waals surface area contributed by atoms with Crippen LogP contribution >= 0.6 is 0 Å². The van der Waals surface area contributed by atoms with E-state index in [-0.39, 0.29) is 11.6 Å². The monoisotopic (exact) mass is 374 g/mol. The smallest absolute Gasteiger partial charge is 0.335 e. The Balaban J connectivity index is 1.59. The third-order valence-corrected chi connectivity index (χ3v) is 5.16. The molecular weight excluding hydrogens is 350 g/mol. The van der Waals surface area contributed by atoms with Gasteiger partial charge in [-0.2, -0.15) is 0 Å². The predicted molar refractivity (Wildman–Crippen MR) is 99.6 cm³/mol. The summed E-state index contributed by atoms with van der Waals surface area (Å²) in [7, 11) is 0. The number of piperazine rings is 1. The van der Waals surface area contributed by atoms with E-state index in [1.807, 2.05) is 19.1 Å². The zero-order chi connectivity index (χ0) is 19.4. The molecule has 1 saturated heterocycles. The van der Waals surface area contributed by atoms with Gasteiger partial charge in [-0.25, -0.2) is 13.6 Å². The zero-order valence-electron chi connectivity index (χ0n) is 15.4. The van der Waals surface area contributed by atoms with E-state index in [1.165, 1.54) is 6.07 Å². The van der Waals surface area contributed by atoms with Gasteiger partial charge in [-0.1, -0.05) is 25.1 Å². The van der Waals surface area contributed by atoms with Crippen molar-refractivity contribution < 1.29 is 18.7 Å². The average Bonchev–Trinajstić information content (AvgIpc) is 2.65. The highest BCUT2D eigenvalue weighted by Gasteiger charge is 2.26. The van der Waals surface area contributed by atoms with E-state index in [0.717, 1.165) is 50.8 Å². The molecule has 144 valence electrons. The summed E-state index contributed by atoms with van der Waals surface area (Å²) in [4.78, 5) is 15.5. The number of carboxylic acid groups (broad SMARTS) is 1. The normalized spacial score (nSPS) is 17.0. The number of rotatable bonds is 6. The fourth-order valence-electron chi connectivity index (χ4n) is 3.69. The quantitative estimate of drug-likeness (QED) is 0.832. The van der Waals surface area contributed by atoms with Gasteiger partial charge in [-0.05, 0) is 30.2 Å².